The van der Waals surface area contributed by atoms with Gasteiger partial charge in [-0.2, -0.15) is 0 Å². The Bertz CT molecular complexity index is 489. The molecule has 1 unspecified atom stereocenters. The van der Waals surface area contributed by atoms with Gasteiger partial charge in [-0.1, -0.05) is 15.9 Å². The van der Waals surface area contributed by atoms with Crippen LogP contribution in [0.25, 0.3) is 0 Å². The number of halogens is 2. The molecule has 6 heteroatoms. The summed E-state index contributed by atoms with van der Waals surface area (Å²) in [6, 6.07) is 6.33. The van der Waals surface area contributed by atoms with Crippen LogP contribution in [0.4, 0.5) is 0 Å². The molecule has 0 fully saturated rings. The van der Waals surface area contributed by atoms with Crippen molar-refractivity contribution in [2.45, 2.75) is 12.5 Å². The lowest BCUT2D eigenvalue weighted by atomic mass is 10.0. The Morgan fingerprint density at radius 2 is 2.35 bits per heavy atom. The number of thiazole rings is 1. The summed E-state index contributed by atoms with van der Waals surface area (Å²) >= 11 is 7.47. The Balaban J connectivity index is 2.25. The van der Waals surface area contributed by atoms with E-state index in [1.807, 2.05) is 17.8 Å². The van der Waals surface area contributed by atoms with E-state index in [2.05, 4.69) is 61.1 Å². The summed E-state index contributed by atoms with van der Waals surface area (Å²) < 4.78 is 2.27. The maximum Gasteiger partial charge on any atom is 0.0794 e. The van der Waals surface area contributed by atoms with Crippen LogP contribution in [0.15, 0.2) is 34.4 Å². The molecule has 0 spiro atoms. The van der Waals surface area contributed by atoms with Crippen LogP contribution in [0.1, 0.15) is 16.5 Å². The van der Waals surface area contributed by atoms with Gasteiger partial charge in [0.1, 0.15) is 0 Å². The molecule has 2 aromatic rings. The second-order valence-electron chi connectivity index (χ2n) is 3.56. The first-order valence-electron chi connectivity index (χ1n) is 4.99. The Labute approximate surface area is 126 Å². The topological polar surface area (TPSA) is 50.9 Å². The first-order chi connectivity index (χ1) is 8.20. The fourth-order valence-electron chi connectivity index (χ4n) is 1.58. The zero-order chi connectivity index (χ0) is 12.3. The summed E-state index contributed by atoms with van der Waals surface area (Å²) in [6.45, 7) is 0. The van der Waals surface area contributed by atoms with Crippen LogP contribution < -0.4 is 11.3 Å². The molecule has 0 aliphatic carbocycles. The van der Waals surface area contributed by atoms with Gasteiger partial charge in [0.25, 0.3) is 0 Å². The number of hydrogen-bond acceptors (Lipinski definition) is 4. The van der Waals surface area contributed by atoms with E-state index in [4.69, 9.17) is 5.84 Å². The molecule has 3 N–H and O–H groups in total. The summed E-state index contributed by atoms with van der Waals surface area (Å²) in [5.74, 6) is 5.66. The number of nitrogens with zero attached hydrogens (tertiary/aromatic N) is 1. The van der Waals surface area contributed by atoms with Gasteiger partial charge in [-0.25, -0.2) is 0 Å². The fraction of sp³-hybridized carbons (Fsp3) is 0.182. The highest BCUT2D eigenvalue weighted by atomic mass is 127. The summed E-state index contributed by atoms with van der Waals surface area (Å²) in [5.41, 5.74) is 5.92. The number of nitrogens with two attached hydrogens (primary N) is 1. The van der Waals surface area contributed by atoms with Gasteiger partial charge in [-0.15, -0.1) is 11.3 Å². The molecule has 0 amide bonds. The molecular formula is C11H11BrIN3S. The van der Waals surface area contributed by atoms with E-state index < -0.39 is 0 Å². The third-order valence-corrected chi connectivity index (χ3v) is 4.70. The summed E-state index contributed by atoms with van der Waals surface area (Å²) in [6.07, 6.45) is 2.74. The van der Waals surface area contributed by atoms with Gasteiger partial charge < -0.3 is 0 Å². The van der Waals surface area contributed by atoms with Crippen molar-refractivity contribution in [2.24, 2.45) is 5.84 Å². The van der Waals surface area contributed by atoms with E-state index in [9.17, 15) is 0 Å². The zero-order valence-electron chi connectivity index (χ0n) is 8.86. The highest BCUT2D eigenvalue weighted by Gasteiger charge is 2.14. The van der Waals surface area contributed by atoms with Crippen molar-refractivity contribution in [2.75, 3.05) is 0 Å². The van der Waals surface area contributed by atoms with Crippen molar-refractivity contribution in [3.05, 3.63) is 48.4 Å². The predicted octanol–water partition coefficient (Wildman–Crippen LogP) is 3.26. The molecule has 2 rings (SSSR count). The molecule has 0 aliphatic heterocycles. The zero-order valence-corrected chi connectivity index (χ0v) is 13.4. The third-order valence-electron chi connectivity index (χ3n) is 2.42. The average molecular weight is 424 g/mol. The van der Waals surface area contributed by atoms with Crippen molar-refractivity contribution < 1.29 is 0 Å². The lowest BCUT2D eigenvalue weighted by Crippen LogP contribution is -2.30. The first-order valence-corrected chi connectivity index (χ1v) is 7.74. The van der Waals surface area contributed by atoms with Gasteiger partial charge in [0, 0.05) is 25.5 Å². The maximum atomic E-state index is 5.66. The molecule has 0 aliphatic rings. The van der Waals surface area contributed by atoms with E-state index in [1.165, 1.54) is 14.0 Å². The normalized spacial score (nSPS) is 12.6. The van der Waals surface area contributed by atoms with Crippen molar-refractivity contribution in [1.82, 2.24) is 10.4 Å². The van der Waals surface area contributed by atoms with Gasteiger partial charge in [0.2, 0.25) is 0 Å². The molecule has 1 atom stereocenters. The molecule has 1 aromatic carbocycles. The minimum Gasteiger partial charge on any atom is -0.271 e. The van der Waals surface area contributed by atoms with E-state index in [0.29, 0.717) is 0 Å². The minimum absolute atomic E-state index is 0.111. The van der Waals surface area contributed by atoms with E-state index in [-0.39, 0.29) is 6.04 Å². The molecule has 17 heavy (non-hydrogen) atoms. The molecule has 90 valence electrons. The lowest BCUT2D eigenvalue weighted by molar-refractivity contribution is 0.553. The molecule has 3 nitrogen and oxygen atoms in total. The summed E-state index contributed by atoms with van der Waals surface area (Å²) in [7, 11) is 0. The molecule has 0 saturated heterocycles. The Morgan fingerprint density at radius 3 is 3.00 bits per heavy atom. The van der Waals surface area contributed by atoms with Crippen LogP contribution in [0, 0.1) is 3.57 Å². The Hall–Kier alpha value is -0.0200. The standard InChI is InChI=1S/C11H11BrIN3S/c12-7-1-2-10(13)9(3-7)11(16-14)4-8-5-15-6-17-8/h1-3,5-6,11,16H,4,14H2. The molecule has 1 heterocycles. The number of aromatic nitrogens is 1. The monoisotopic (exact) mass is 423 g/mol. The van der Waals surface area contributed by atoms with Crippen LogP contribution >= 0.6 is 49.9 Å². The molecule has 1 aromatic heterocycles. The predicted molar refractivity (Wildman–Crippen MR) is 82.7 cm³/mol. The quantitative estimate of drug-likeness (QED) is 0.450. The van der Waals surface area contributed by atoms with Crippen molar-refractivity contribution in [3.8, 4) is 0 Å². The number of benzene rings is 1. The average Bonchev–Trinajstić information content (AvgIpc) is 2.82. The fourth-order valence-corrected chi connectivity index (χ4v) is 3.32. The van der Waals surface area contributed by atoms with E-state index >= 15 is 0 Å². The van der Waals surface area contributed by atoms with Crippen LogP contribution in [0.3, 0.4) is 0 Å². The van der Waals surface area contributed by atoms with Gasteiger partial charge in [-0.05, 0) is 46.4 Å². The van der Waals surface area contributed by atoms with Crippen molar-refractivity contribution in [1.29, 1.82) is 0 Å². The highest BCUT2D eigenvalue weighted by Crippen LogP contribution is 2.27. The van der Waals surface area contributed by atoms with Crippen LogP contribution in [0.2, 0.25) is 0 Å². The molecule has 0 bridgehead atoms. The van der Waals surface area contributed by atoms with E-state index in [1.54, 1.807) is 11.3 Å². The molecule has 0 radical (unpaired) electrons. The number of hydrazine groups is 1. The first kappa shape index (κ1) is 13.4. The highest BCUT2D eigenvalue weighted by molar-refractivity contribution is 14.1. The Kier molecular flexibility index (Phi) is 4.92. The SMILES string of the molecule is NNC(Cc1cncs1)c1cc(Br)ccc1I. The number of nitrogens with one attached hydrogen (secondary N) is 1. The smallest absolute Gasteiger partial charge is 0.0794 e. The Morgan fingerprint density at radius 1 is 1.53 bits per heavy atom. The summed E-state index contributed by atoms with van der Waals surface area (Å²) in [4.78, 5) is 5.31. The lowest BCUT2D eigenvalue weighted by Gasteiger charge is -2.17. The van der Waals surface area contributed by atoms with Gasteiger partial charge in [-0.3, -0.25) is 16.3 Å². The van der Waals surface area contributed by atoms with Gasteiger partial charge >= 0.3 is 0 Å². The molecular weight excluding hydrogens is 413 g/mol. The van der Waals surface area contributed by atoms with E-state index in [0.717, 1.165) is 10.9 Å². The minimum atomic E-state index is 0.111. The third kappa shape index (κ3) is 3.47. The van der Waals surface area contributed by atoms with Crippen molar-refractivity contribution in [3.63, 3.8) is 0 Å². The second kappa shape index (κ2) is 6.24. The largest absolute Gasteiger partial charge is 0.271 e. The van der Waals surface area contributed by atoms with Crippen LogP contribution in [0.5, 0.6) is 0 Å². The van der Waals surface area contributed by atoms with Gasteiger partial charge in [0.05, 0.1) is 11.6 Å². The number of hydrogen-bond donors (Lipinski definition) is 2. The number of rotatable bonds is 4. The second-order valence-corrected chi connectivity index (χ2v) is 6.61. The van der Waals surface area contributed by atoms with Crippen LogP contribution in [-0.2, 0) is 6.42 Å². The summed E-state index contributed by atoms with van der Waals surface area (Å²) in [5, 5.41) is 0. The van der Waals surface area contributed by atoms with Crippen LogP contribution in [-0.4, -0.2) is 4.98 Å². The van der Waals surface area contributed by atoms with Gasteiger partial charge in [0.15, 0.2) is 0 Å². The van der Waals surface area contributed by atoms with Crippen molar-refractivity contribution >= 4 is 49.9 Å². The maximum absolute atomic E-state index is 5.66. The molecule has 0 saturated carbocycles.